The lowest BCUT2D eigenvalue weighted by molar-refractivity contribution is 0.221. The van der Waals surface area contributed by atoms with Gasteiger partial charge in [0.2, 0.25) is 0 Å². The zero-order chi connectivity index (χ0) is 13.8. The van der Waals surface area contributed by atoms with Crippen LogP contribution < -0.4 is 15.2 Å². The van der Waals surface area contributed by atoms with Crippen LogP contribution in [0.15, 0.2) is 12.1 Å². The highest BCUT2D eigenvalue weighted by molar-refractivity contribution is 5.48. The molecule has 4 heteroatoms. The summed E-state index contributed by atoms with van der Waals surface area (Å²) in [5, 5.41) is 0. The molecule has 0 aliphatic carbocycles. The van der Waals surface area contributed by atoms with Gasteiger partial charge < -0.3 is 15.2 Å². The van der Waals surface area contributed by atoms with E-state index in [1.165, 1.54) is 11.1 Å². The van der Waals surface area contributed by atoms with Crippen LogP contribution in [-0.2, 0) is 13.0 Å². The van der Waals surface area contributed by atoms with Crippen molar-refractivity contribution < 1.29 is 9.47 Å². The fourth-order valence-corrected chi connectivity index (χ4v) is 2.61. The van der Waals surface area contributed by atoms with Gasteiger partial charge in [-0.2, -0.15) is 0 Å². The standard InChI is InChI=1S/C15H24N2O2/c1-11(8-16)9-17-5-4-12-6-14(18-2)15(19-3)7-13(12)10-17/h6-7,11H,4-5,8-10,16H2,1-3H3. The number of hydrogen-bond donors (Lipinski definition) is 1. The Labute approximate surface area is 115 Å². The molecule has 0 bridgehead atoms. The minimum atomic E-state index is 0.543. The zero-order valence-electron chi connectivity index (χ0n) is 12.1. The number of ether oxygens (including phenoxy) is 2. The molecular weight excluding hydrogens is 240 g/mol. The normalized spacial score (nSPS) is 16.8. The molecule has 1 unspecified atom stereocenters. The largest absolute Gasteiger partial charge is 0.493 e. The Kier molecular flexibility index (Phi) is 4.66. The lowest BCUT2D eigenvalue weighted by Gasteiger charge is -2.31. The van der Waals surface area contributed by atoms with Gasteiger partial charge in [-0.3, -0.25) is 4.90 Å². The van der Waals surface area contributed by atoms with Gasteiger partial charge in [0.15, 0.2) is 11.5 Å². The number of nitrogens with zero attached hydrogens (tertiary/aromatic N) is 1. The maximum atomic E-state index is 5.70. The molecule has 4 nitrogen and oxygen atoms in total. The molecule has 1 aliphatic heterocycles. The van der Waals surface area contributed by atoms with Gasteiger partial charge in [0.1, 0.15) is 0 Å². The summed E-state index contributed by atoms with van der Waals surface area (Å²) in [6, 6.07) is 4.21. The van der Waals surface area contributed by atoms with Crippen LogP contribution in [0.2, 0.25) is 0 Å². The van der Waals surface area contributed by atoms with Crippen molar-refractivity contribution in [3.63, 3.8) is 0 Å². The van der Waals surface area contributed by atoms with E-state index in [4.69, 9.17) is 15.2 Å². The highest BCUT2D eigenvalue weighted by Gasteiger charge is 2.20. The maximum Gasteiger partial charge on any atom is 0.161 e. The van der Waals surface area contributed by atoms with Crippen LogP contribution in [0.1, 0.15) is 18.1 Å². The molecule has 0 radical (unpaired) electrons. The predicted octanol–water partition coefficient (Wildman–Crippen LogP) is 1.66. The van der Waals surface area contributed by atoms with Crippen molar-refractivity contribution in [2.24, 2.45) is 11.7 Å². The monoisotopic (exact) mass is 264 g/mol. The molecule has 0 aromatic heterocycles. The van der Waals surface area contributed by atoms with E-state index >= 15 is 0 Å². The molecule has 0 fully saturated rings. The second kappa shape index (κ2) is 6.26. The maximum absolute atomic E-state index is 5.70. The molecule has 2 N–H and O–H groups in total. The van der Waals surface area contributed by atoms with Gasteiger partial charge in [0.25, 0.3) is 0 Å². The third-order valence-corrected chi connectivity index (χ3v) is 3.77. The highest BCUT2D eigenvalue weighted by atomic mass is 16.5. The summed E-state index contributed by atoms with van der Waals surface area (Å²) in [7, 11) is 3.36. The van der Waals surface area contributed by atoms with Crippen LogP contribution in [0, 0.1) is 5.92 Å². The van der Waals surface area contributed by atoms with Crippen molar-refractivity contribution >= 4 is 0 Å². The summed E-state index contributed by atoms with van der Waals surface area (Å²) in [4.78, 5) is 2.46. The number of methoxy groups -OCH3 is 2. The minimum absolute atomic E-state index is 0.543. The fourth-order valence-electron chi connectivity index (χ4n) is 2.61. The molecule has 2 rings (SSSR count). The number of fused-ring (bicyclic) bond motifs is 1. The second-order valence-electron chi connectivity index (χ2n) is 5.30. The number of hydrogen-bond acceptors (Lipinski definition) is 4. The van der Waals surface area contributed by atoms with Gasteiger partial charge in [-0.05, 0) is 42.1 Å². The quantitative estimate of drug-likeness (QED) is 0.878. The van der Waals surface area contributed by atoms with Crippen molar-refractivity contribution in [1.29, 1.82) is 0 Å². The predicted molar refractivity (Wildman–Crippen MR) is 76.7 cm³/mol. The van der Waals surface area contributed by atoms with E-state index in [1.807, 2.05) is 0 Å². The van der Waals surface area contributed by atoms with Gasteiger partial charge in [0.05, 0.1) is 14.2 Å². The first-order chi connectivity index (χ1) is 9.17. The van der Waals surface area contributed by atoms with Crippen LogP contribution in [0.25, 0.3) is 0 Å². The van der Waals surface area contributed by atoms with Crippen molar-refractivity contribution in [2.75, 3.05) is 33.9 Å². The van der Waals surface area contributed by atoms with E-state index in [-0.39, 0.29) is 0 Å². The van der Waals surface area contributed by atoms with E-state index in [0.717, 1.165) is 44.1 Å². The summed E-state index contributed by atoms with van der Waals surface area (Å²) in [6.07, 6.45) is 1.06. The molecule has 1 aliphatic rings. The Balaban J connectivity index is 2.15. The summed E-state index contributed by atoms with van der Waals surface area (Å²) >= 11 is 0. The number of benzene rings is 1. The van der Waals surface area contributed by atoms with Crippen LogP contribution in [-0.4, -0.2) is 38.8 Å². The average molecular weight is 264 g/mol. The lowest BCUT2D eigenvalue weighted by Crippen LogP contribution is -2.35. The van der Waals surface area contributed by atoms with Gasteiger partial charge in [-0.1, -0.05) is 6.92 Å². The van der Waals surface area contributed by atoms with Crippen molar-refractivity contribution in [2.45, 2.75) is 19.9 Å². The molecule has 1 atom stereocenters. The average Bonchev–Trinajstić information content (AvgIpc) is 2.45. The van der Waals surface area contributed by atoms with Gasteiger partial charge in [-0.25, -0.2) is 0 Å². The molecule has 1 aromatic rings. The third kappa shape index (κ3) is 3.19. The Morgan fingerprint density at radius 3 is 2.42 bits per heavy atom. The topological polar surface area (TPSA) is 47.7 Å². The molecule has 1 heterocycles. The summed E-state index contributed by atoms with van der Waals surface area (Å²) in [6.45, 7) is 6.07. The molecule has 19 heavy (non-hydrogen) atoms. The van der Waals surface area contributed by atoms with Gasteiger partial charge in [0, 0.05) is 19.6 Å². The Bertz CT molecular complexity index is 434. The zero-order valence-corrected chi connectivity index (χ0v) is 12.1. The Hall–Kier alpha value is -1.26. The molecule has 1 aromatic carbocycles. The van der Waals surface area contributed by atoms with Crippen molar-refractivity contribution in [3.8, 4) is 11.5 Å². The molecular formula is C15H24N2O2. The molecule has 0 amide bonds. The Morgan fingerprint density at radius 2 is 1.84 bits per heavy atom. The van der Waals surface area contributed by atoms with E-state index in [1.54, 1.807) is 14.2 Å². The smallest absolute Gasteiger partial charge is 0.161 e. The van der Waals surface area contributed by atoms with Crippen molar-refractivity contribution in [3.05, 3.63) is 23.3 Å². The first-order valence-corrected chi connectivity index (χ1v) is 6.84. The Morgan fingerprint density at radius 1 is 1.21 bits per heavy atom. The summed E-state index contributed by atoms with van der Waals surface area (Å²) in [5.74, 6) is 2.18. The van der Waals surface area contributed by atoms with Gasteiger partial charge in [-0.15, -0.1) is 0 Å². The first-order valence-electron chi connectivity index (χ1n) is 6.84. The first kappa shape index (κ1) is 14.2. The molecule has 0 saturated heterocycles. The molecule has 0 saturated carbocycles. The van der Waals surface area contributed by atoms with Crippen LogP contribution >= 0.6 is 0 Å². The lowest BCUT2D eigenvalue weighted by atomic mass is 9.98. The summed E-state index contributed by atoms with van der Waals surface area (Å²) < 4.78 is 10.7. The third-order valence-electron chi connectivity index (χ3n) is 3.77. The van der Waals surface area contributed by atoms with Crippen LogP contribution in [0.4, 0.5) is 0 Å². The highest BCUT2D eigenvalue weighted by Crippen LogP contribution is 2.33. The van der Waals surface area contributed by atoms with Crippen LogP contribution in [0.3, 0.4) is 0 Å². The van der Waals surface area contributed by atoms with E-state index < -0.39 is 0 Å². The van der Waals surface area contributed by atoms with Crippen molar-refractivity contribution in [1.82, 2.24) is 4.90 Å². The minimum Gasteiger partial charge on any atom is -0.493 e. The molecule has 106 valence electrons. The number of nitrogens with two attached hydrogens (primary N) is 1. The SMILES string of the molecule is COc1cc2c(cc1OC)CN(CC(C)CN)CC2. The van der Waals surface area contributed by atoms with E-state index in [0.29, 0.717) is 5.92 Å². The molecule has 0 spiro atoms. The number of rotatable bonds is 5. The fraction of sp³-hybridized carbons (Fsp3) is 0.600. The second-order valence-corrected chi connectivity index (χ2v) is 5.30. The summed E-state index contributed by atoms with van der Waals surface area (Å²) in [5.41, 5.74) is 8.41. The van der Waals surface area contributed by atoms with E-state index in [2.05, 4.69) is 24.0 Å². The van der Waals surface area contributed by atoms with Crippen LogP contribution in [0.5, 0.6) is 11.5 Å². The van der Waals surface area contributed by atoms with E-state index in [9.17, 15) is 0 Å². The van der Waals surface area contributed by atoms with Gasteiger partial charge >= 0.3 is 0 Å².